The summed E-state index contributed by atoms with van der Waals surface area (Å²) in [6.07, 6.45) is 1.70. The minimum Gasteiger partial charge on any atom is -0.489 e. The minimum absolute atomic E-state index is 0.165. The highest BCUT2D eigenvalue weighted by Gasteiger charge is 2.31. The zero-order chi connectivity index (χ0) is 16.9. The van der Waals surface area contributed by atoms with Gasteiger partial charge in [-0.3, -0.25) is 4.79 Å². The highest BCUT2D eigenvalue weighted by Crippen LogP contribution is 2.27. The van der Waals surface area contributed by atoms with Gasteiger partial charge in [0.05, 0.1) is 12.0 Å². The van der Waals surface area contributed by atoms with E-state index < -0.39 is 6.10 Å². The number of anilines is 1. The summed E-state index contributed by atoms with van der Waals surface area (Å²) in [6.45, 7) is 0.247. The van der Waals surface area contributed by atoms with Crippen molar-refractivity contribution in [2.24, 2.45) is 5.92 Å². The SMILES string of the molecule is O=C(Nc1cccc(OCc2cccc(F)c2)c1)C1CCCC1O. The minimum atomic E-state index is -0.558. The van der Waals surface area contributed by atoms with Gasteiger partial charge in [0.25, 0.3) is 0 Å². The standard InChI is InChI=1S/C19H20FNO3/c20-14-5-1-4-13(10-14)12-24-16-7-2-6-15(11-16)21-19(23)17-8-3-9-18(17)22/h1-2,4-7,10-11,17-18,22H,3,8-9,12H2,(H,21,23). The number of hydrogen-bond donors (Lipinski definition) is 2. The summed E-state index contributed by atoms with van der Waals surface area (Å²) in [5, 5.41) is 12.6. The zero-order valence-corrected chi connectivity index (χ0v) is 13.2. The fourth-order valence-corrected chi connectivity index (χ4v) is 2.94. The van der Waals surface area contributed by atoms with E-state index in [-0.39, 0.29) is 24.2 Å². The third-order valence-corrected chi connectivity index (χ3v) is 4.21. The van der Waals surface area contributed by atoms with Crippen LogP contribution in [0.4, 0.5) is 10.1 Å². The lowest BCUT2D eigenvalue weighted by molar-refractivity contribution is -0.122. The summed E-state index contributed by atoms with van der Waals surface area (Å²) < 4.78 is 18.8. The van der Waals surface area contributed by atoms with Crippen molar-refractivity contribution in [3.8, 4) is 5.75 Å². The van der Waals surface area contributed by atoms with Crippen LogP contribution in [0.1, 0.15) is 24.8 Å². The van der Waals surface area contributed by atoms with E-state index >= 15 is 0 Å². The van der Waals surface area contributed by atoms with Crippen molar-refractivity contribution >= 4 is 11.6 Å². The molecule has 0 spiro atoms. The van der Waals surface area contributed by atoms with Crippen molar-refractivity contribution in [3.63, 3.8) is 0 Å². The van der Waals surface area contributed by atoms with Crippen molar-refractivity contribution in [1.82, 2.24) is 0 Å². The second-order valence-electron chi connectivity index (χ2n) is 6.04. The third-order valence-electron chi connectivity index (χ3n) is 4.21. The van der Waals surface area contributed by atoms with Gasteiger partial charge in [-0.25, -0.2) is 4.39 Å². The lowest BCUT2D eigenvalue weighted by Gasteiger charge is -2.15. The summed E-state index contributed by atoms with van der Waals surface area (Å²) in [6, 6.07) is 13.3. The summed E-state index contributed by atoms with van der Waals surface area (Å²) in [5.74, 6) is -0.222. The molecule has 0 radical (unpaired) electrons. The number of rotatable bonds is 5. The molecule has 5 heteroatoms. The van der Waals surface area contributed by atoms with Crippen molar-refractivity contribution in [2.45, 2.75) is 32.0 Å². The van der Waals surface area contributed by atoms with E-state index in [1.54, 1.807) is 36.4 Å². The quantitative estimate of drug-likeness (QED) is 0.882. The molecule has 1 aliphatic rings. The maximum Gasteiger partial charge on any atom is 0.230 e. The molecule has 2 N–H and O–H groups in total. The summed E-state index contributed by atoms with van der Waals surface area (Å²) in [7, 11) is 0. The first-order valence-electron chi connectivity index (χ1n) is 8.08. The van der Waals surface area contributed by atoms with E-state index in [1.165, 1.54) is 12.1 Å². The molecule has 1 aliphatic carbocycles. The molecule has 2 aromatic rings. The number of amides is 1. The number of aliphatic hydroxyl groups is 1. The van der Waals surface area contributed by atoms with Gasteiger partial charge in [0.15, 0.2) is 0 Å². The predicted octanol–water partition coefficient (Wildman–Crippen LogP) is 3.50. The van der Waals surface area contributed by atoms with Crippen LogP contribution < -0.4 is 10.1 Å². The van der Waals surface area contributed by atoms with Crippen LogP contribution in [0.15, 0.2) is 48.5 Å². The van der Waals surface area contributed by atoms with Crippen LogP contribution in [0, 0.1) is 11.7 Å². The Kier molecular flexibility index (Phi) is 5.11. The Labute approximate surface area is 140 Å². The van der Waals surface area contributed by atoms with Crippen LogP contribution in [0.5, 0.6) is 5.75 Å². The predicted molar refractivity (Wildman–Crippen MR) is 89.2 cm³/mol. The van der Waals surface area contributed by atoms with Gasteiger partial charge in [-0.1, -0.05) is 18.2 Å². The van der Waals surface area contributed by atoms with E-state index in [0.717, 1.165) is 12.0 Å². The molecular formula is C19H20FNO3. The smallest absolute Gasteiger partial charge is 0.230 e. The molecule has 0 heterocycles. The van der Waals surface area contributed by atoms with Gasteiger partial charge in [-0.05, 0) is 49.1 Å². The molecule has 0 aromatic heterocycles. The highest BCUT2D eigenvalue weighted by atomic mass is 19.1. The molecule has 0 aliphatic heterocycles. The molecule has 2 unspecified atom stereocenters. The van der Waals surface area contributed by atoms with E-state index in [1.807, 2.05) is 0 Å². The van der Waals surface area contributed by atoms with Gasteiger partial charge in [-0.2, -0.15) is 0 Å². The number of benzene rings is 2. The summed E-state index contributed by atoms with van der Waals surface area (Å²) in [5.41, 5.74) is 1.36. The fourth-order valence-electron chi connectivity index (χ4n) is 2.94. The molecule has 0 bridgehead atoms. The second kappa shape index (κ2) is 7.45. The van der Waals surface area contributed by atoms with Crippen molar-refractivity contribution in [2.75, 3.05) is 5.32 Å². The Morgan fingerprint density at radius 3 is 2.79 bits per heavy atom. The van der Waals surface area contributed by atoms with Crippen LogP contribution in [-0.4, -0.2) is 17.1 Å². The average molecular weight is 329 g/mol. The summed E-state index contributed by atoms with van der Waals surface area (Å²) in [4.78, 5) is 12.2. The topological polar surface area (TPSA) is 58.6 Å². The number of hydrogen-bond acceptors (Lipinski definition) is 3. The van der Waals surface area contributed by atoms with Crippen LogP contribution in [-0.2, 0) is 11.4 Å². The van der Waals surface area contributed by atoms with Gasteiger partial charge in [0.2, 0.25) is 5.91 Å². The number of ether oxygens (including phenoxy) is 1. The number of aliphatic hydroxyl groups excluding tert-OH is 1. The first kappa shape index (κ1) is 16.5. The van der Waals surface area contributed by atoms with E-state index in [2.05, 4.69) is 5.32 Å². The van der Waals surface area contributed by atoms with Gasteiger partial charge in [-0.15, -0.1) is 0 Å². The van der Waals surface area contributed by atoms with Gasteiger partial charge >= 0.3 is 0 Å². The van der Waals surface area contributed by atoms with Crippen molar-refractivity contribution in [1.29, 1.82) is 0 Å². The Hall–Kier alpha value is -2.40. The lowest BCUT2D eigenvalue weighted by Crippen LogP contribution is -2.28. The Bertz CT molecular complexity index is 719. The average Bonchev–Trinajstić information content (AvgIpc) is 3.00. The first-order chi connectivity index (χ1) is 11.6. The molecule has 24 heavy (non-hydrogen) atoms. The Balaban J connectivity index is 1.60. The number of nitrogens with one attached hydrogen (secondary N) is 1. The monoisotopic (exact) mass is 329 g/mol. The van der Waals surface area contributed by atoms with Crippen molar-refractivity contribution in [3.05, 3.63) is 59.9 Å². The van der Waals surface area contributed by atoms with E-state index in [9.17, 15) is 14.3 Å². The molecule has 1 saturated carbocycles. The molecule has 126 valence electrons. The molecule has 2 atom stereocenters. The molecule has 0 saturated heterocycles. The van der Waals surface area contributed by atoms with E-state index in [0.29, 0.717) is 24.3 Å². The molecule has 2 aromatic carbocycles. The highest BCUT2D eigenvalue weighted by molar-refractivity contribution is 5.93. The third kappa shape index (κ3) is 4.11. The molecular weight excluding hydrogens is 309 g/mol. The van der Waals surface area contributed by atoms with Crippen LogP contribution in [0.25, 0.3) is 0 Å². The maximum atomic E-state index is 13.2. The molecule has 3 rings (SSSR count). The normalized spacial score (nSPS) is 19.9. The number of carbonyl (C=O) groups excluding carboxylic acids is 1. The van der Waals surface area contributed by atoms with Crippen LogP contribution >= 0.6 is 0 Å². The van der Waals surface area contributed by atoms with Crippen molar-refractivity contribution < 1.29 is 19.0 Å². The summed E-state index contributed by atoms with van der Waals surface area (Å²) >= 11 is 0. The van der Waals surface area contributed by atoms with Gasteiger partial charge in [0, 0.05) is 11.8 Å². The van der Waals surface area contributed by atoms with Crippen LogP contribution in [0.2, 0.25) is 0 Å². The van der Waals surface area contributed by atoms with Gasteiger partial charge < -0.3 is 15.2 Å². The van der Waals surface area contributed by atoms with Crippen LogP contribution in [0.3, 0.4) is 0 Å². The molecule has 1 amide bonds. The number of carbonyl (C=O) groups is 1. The lowest BCUT2D eigenvalue weighted by atomic mass is 10.1. The van der Waals surface area contributed by atoms with E-state index in [4.69, 9.17) is 4.74 Å². The second-order valence-corrected chi connectivity index (χ2v) is 6.04. The largest absolute Gasteiger partial charge is 0.489 e. The number of halogens is 1. The molecule has 4 nitrogen and oxygen atoms in total. The fraction of sp³-hybridized carbons (Fsp3) is 0.316. The Morgan fingerprint density at radius 2 is 2.04 bits per heavy atom. The zero-order valence-electron chi connectivity index (χ0n) is 13.2. The van der Waals surface area contributed by atoms with Gasteiger partial charge in [0.1, 0.15) is 18.2 Å². The first-order valence-corrected chi connectivity index (χ1v) is 8.08. The maximum absolute atomic E-state index is 13.2. The molecule has 1 fully saturated rings. The Morgan fingerprint density at radius 1 is 1.21 bits per heavy atom.